The first kappa shape index (κ1) is 21.9. The zero-order valence-corrected chi connectivity index (χ0v) is 17.8. The van der Waals surface area contributed by atoms with E-state index < -0.39 is 12.1 Å². The number of benzene rings is 1. The molecule has 1 amide bonds. The molecule has 1 aromatic heterocycles. The molecule has 2 heterocycles. The van der Waals surface area contributed by atoms with Crippen molar-refractivity contribution in [2.24, 2.45) is 5.92 Å². The van der Waals surface area contributed by atoms with Crippen LogP contribution < -0.4 is 19.5 Å². The van der Waals surface area contributed by atoms with Gasteiger partial charge in [0, 0.05) is 18.8 Å². The first-order chi connectivity index (χ1) is 15.5. The second-order valence-electron chi connectivity index (χ2n) is 7.94. The summed E-state index contributed by atoms with van der Waals surface area (Å²) in [6.45, 7) is 2.24. The van der Waals surface area contributed by atoms with Gasteiger partial charge in [0.05, 0.1) is 6.10 Å². The van der Waals surface area contributed by atoms with Gasteiger partial charge in [-0.3, -0.25) is 4.79 Å². The quantitative estimate of drug-likeness (QED) is 0.639. The van der Waals surface area contributed by atoms with Crippen LogP contribution in [0.4, 0.5) is 0 Å². The summed E-state index contributed by atoms with van der Waals surface area (Å²) in [5.41, 5.74) is 0.345. The Labute approximate surface area is 185 Å². The Balaban J connectivity index is 1.30. The number of carboxylic acid groups (broad SMARTS) is 1. The molecule has 1 aliphatic heterocycles. The van der Waals surface area contributed by atoms with Crippen molar-refractivity contribution in [3.8, 4) is 23.1 Å². The largest absolute Gasteiger partial charge is 0.479 e. The third kappa shape index (κ3) is 5.28. The van der Waals surface area contributed by atoms with E-state index >= 15 is 0 Å². The van der Waals surface area contributed by atoms with E-state index in [1.165, 1.54) is 0 Å². The molecule has 1 fully saturated rings. The monoisotopic (exact) mass is 442 g/mol. The highest BCUT2D eigenvalue weighted by molar-refractivity contribution is 5.96. The average Bonchev–Trinajstić information content (AvgIpc) is 3.26. The number of carbonyl (C=O) groups excluding carboxylic acids is 1. The van der Waals surface area contributed by atoms with Crippen LogP contribution in [-0.2, 0) is 9.53 Å². The van der Waals surface area contributed by atoms with Crippen LogP contribution in [-0.4, -0.2) is 47.5 Å². The molecule has 9 nitrogen and oxygen atoms in total. The number of aliphatic carboxylic acids is 1. The number of carboxylic acids is 1. The van der Waals surface area contributed by atoms with Crippen molar-refractivity contribution in [1.82, 2.24) is 10.3 Å². The highest BCUT2D eigenvalue weighted by Crippen LogP contribution is 2.36. The number of fused-ring (bicyclic) bond motifs is 1. The van der Waals surface area contributed by atoms with Crippen LogP contribution in [0, 0.1) is 5.92 Å². The predicted molar refractivity (Wildman–Crippen MR) is 113 cm³/mol. The highest BCUT2D eigenvalue weighted by atomic mass is 16.7. The van der Waals surface area contributed by atoms with Gasteiger partial charge in [0.25, 0.3) is 5.91 Å². The average molecular weight is 442 g/mol. The number of ether oxygens (including phenoxy) is 4. The summed E-state index contributed by atoms with van der Waals surface area (Å²) >= 11 is 0. The lowest BCUT2D eigenvalue weighted by atomic mass is 9.87. The van der Waals surface area contributed by atoms with Gasteiger partial charge in [-0.2, -0.15) is 0 Å². The number of hydrogen-bond acceptors (Lipinski definition) is 7. The number of carbonyl (C=O) groups is 2. The van der Waals surface area contributed by atoms with Crippen LogP contribution in [0.5, 0.6) is 23.1 Å². The van der Waals surface area contributed by atoms with Crippen molar-refractivity contribution in [3.05, 3.63) is 42.1 Å². The molecule has 1 atom stereocenters. The van der Waals surface area contributed by atoms with Crippen LogP contribution in [0.1, 0.15) is 43.0 Å². The molecule has 1 aromatic carbocycles. The number of aromatic nitrogens is 1. The normalized spacial score (nSPS) is 20.4. The van der Waals surface area contributed by atoms with Gasteiger partial charge in [0.15, 0.2) is 17.6 Å². The van der Waals surface area contributed by atoms with E-state index in [9.17, 15) is 9.59 Å². The van der Waals surface area contributed by atoms with Crippen LogP contribution in [0.15, 0.2) is 36.5 Å². The van der Waals surface area contributed by atoms with Gasteiger partial charge in [0.1, 0.15) is 11.3 Å². The first-order valence-electron chi connectivity index (χ1n) is 10.7. The molecule has 9 heteroatoms. The van der Waals surface area contributed by atoms with Gasteiger partial charge in [-0.05, 0) is 62.8 Å². The van der Waals surface area contributed by atoms with Gasteiger partial charge in [-0.15, -0.1) is 0 Å². The molecule has 32 heavy (non-hydrogen) atoms. The standard InChI is InChI=1S/C23H26N2O7/c1-14(23(27)28)31-16-6-4-15(5-7-16)12-25-21(26)18-3-2-10-24-22(18)32-17-8-9-19-20(11-17)30-13-29-19/h2-3,8-11,14-16H,4-7,12-13H2,1H3,(H,25,26)(H,27,28). The van der Waals surface area contributed by atoms with Gasteiger partial charge in [-0.1, -0.05) is 0 Å². The van der Waals surface area contributed by atoms with Crippen LogP contribution in [0.2, 0.25) is 0 Å². The Hall–Kier alpha value is -3.33. The lowest BCUT2D eigenvalue weighted by molar-refractivity contribution is -0.154. The lowest BCUT2D eigenvalue weighted by Gasteiger charge is -2.29. The second-order valence-corrected chi connectivity index (χ2v) is 7.94. The summed E-state index contributed by atoms with van der Waals surface area (Å²) in [4.78, 5) is 28.0. The highest BCUT2D eigenvalue weighted by Gasteiger charge is 2.26. The van der Waals surface area contributed by atoms with E-state index in [0.717, 1.165) is 25.7 Å². The minimum Gasteiger partial charge on any atom is -0.479 e. The number of amides is 1. The second kappa shape index (κ2) is 9.86. The molecule has 2 aliphatic rings. The molecule has 4 rings (SSSR count). The molecule has 0 bridgehead atoms. The van der Waals surface area contributed by atoms with E-state index in [4.69, 9.17) is 24.1 Å². The van der Waals surface area contributed by atoms with Crippen molar-refractivity contribution < 1.29 is 33.6 Å². The summed E-state index contributed by atoms with van der Waals surface area (Å²) in [7, 11) is 0. The summed E-state index contributed by atoms with van der Waals surface area (Å²) in [5.74, 6) is 1.05. The Kier molecular flexibility index (Phi) is 6.75. The van der Waals surface area contributed by atoms with E-state index in [-0.39, 0.29) is 24.7 Å². The van der Waals surface area contributed by atoms with Crippen LogP contribution in [0.25, 0.3) is 0 Å². The van der Waals surface area contributed by atoms with Crippen molar-refractivity contribution >= 4 is 11.9 Å². The molecule has 1 saturated carbocycles. The summed E-state index contributed by atoms with van der Waals surface area (Å²) in [6, 6.07) is 8.54. The Bertz CT molecular complexity index is 973. The SMILES string of the molecule is CC(OC1CCC(CNC(=O)c2cccnc2Oc2ccc3c(c2)OCO3)CC1)C(=O)O. The van der Waals surface area contributed by atoms with Crippen LogP contribution >= 0.6 is 0 Å². The Morgan fingerprint density at radius 3 is 2.75 bits per heavy atom. The number of nitrogens with one attached hydrogen (secondary N) is 1. The minimum atomic E-state index is -0.949. The maximum Gasteiger partial charge on any atom is 0.332 e. The zero-order valence-electron chi connectivity index (χ0n) is 17.8. The molecule has 0 radical (unpaired) electrons. The van der Waals surface area contributed by atoms with E-state index in [1.54, 1.807) is 43.5 Å². The van der Waals surface area contributed by atoms with Crippen LogP contribution in [0.3, 0.4) is 0 Å². The van der Waals surface area contributed by atoms with Gasteiger partial charge in [0.2, 0.25) is 12.7 Å². The number of hydrogen-bond donors (Lipinski definition) is 2. The van der Waals surface area contributed by atoms with E-state index in [2.05, 4.69) is 10.3 Å². The maximum absolute atomic E-state index is 12.8. The van der Waals surface area contributed by atoms with Crippen molar-refractivity contribution in [2.45, 2.75) is 44.8 Å². The number of nitrogens with zero attached hydrogens (tertiary/aromatic N) is 1. The first-order valence-corrected chi connectivity index (χ1v) is 10.7. The third-order valence-electron chi connectivity index (χ3n) is 5.66. The molecular weight excluding hydrogens is 416 g/mol. The molecular formula is C23H26N2O7. The number of pyridine rings is 1. The maximum atomic E-state index is 12.8. The van der Waals surface area contributed by atoms with Gasteiger partial charge in [-0.25, -0.2) is 9.78 Å². The molecule has 2 N–H and O–H groups in total. The fourth-order valence-corrected chi connectivity index (χ4v) is 3.85. The van der Waals surface area contributed by atoms with Crippen molar-refractivity contribution in [2.75, 3.05) is 13.3 Å². The molecule has 1 aliphatic carbocycles. The van der Waals surface area contributed by atoms with Gasteiger partial charge >= 0.3 is 5.97 Å². The third-order valence-corrected chi connectivity index (χ3v) is 5.66. The molecule has 0 spiro atoms. The zero-order chi connectivity index (χ0) is 22.5. The summed E-state index contributed by atoms with van der Waals surface area (Å²) in [5, 5.41) is 11.9. The van der Waals surface area contributed by atoms with E-state index in [0.29, 0.717) is 35.3 Å². The van der Waals surface area contributed by atoms with Crippen molar-refractivity contribution in [1.29, 1.82) is 0 Å². The Morgan fingerprint density at radius 1 is 1.19 bits per heavy atom. The fourth-order valence-electron chi connectivity index (χ4n) is 3.85. The fraction of sp³-hybridized carbons (Fsp3) is 0.435. The van der Waals surface area contributed by atoms with Gasteiger partial charge < -0.3 is 29.4 Å². The molecule has 1 unspecified atom stereocenters. The summed E-state index contributed by atoms with van der Waals surface area (Å²) in [6.07, 6.45) is 4.01. The molecule has 2 aromatic rings. The molecule has 170 valence electrons. The smallest absolute Gasteiger partial charge is 0.332 e. The molecule has 0 saturated heterocycles. The topological polar surface area (TPSA) is 116 Å². The predicted octanol–water partition coefficient (Wildman–Crippen LogP) is 3.38. The van der Waals surface area contributed by atoms with E-state index in [1.807, 2.05) is 0 Å². The Morgan fingerprint density at radius 2 is 1.97 bits per heavy atom. The minimum absolute atomic E-state index is 0.0481. The summed E-state index contributed by atoms with van der Waals surface area (Å²) < 4.78 is 22.1. The number of rotatable bonds is 8. The lowest BCUT2D eigenvalue weighted by Crippen LogP contribution is -2.34. The van der Waals surface area contributed by atoms with Crippen molar-refractivity contribution in [3.63, 3.8) is 0 Å².